The predicted molar refractivity (Wildman–Crippen MR) is 114 cm³/mol. The zero-order valence-corrected chi connectivity index (χ0v) is 18.2. The minimum atomic E-state index is -0.633. The van der Waals surface area contributed by atoms with Crippen molar-refractivity contribution in [2.24, 2.45) is 0 Å². The minimum Gasteiger partial charge on any atom is -0.455 e. The van der Waals surface area contributed by atoms with Crippen LogP contribution < -0.4 is 0 Å². The lowest BCUT2D eigenvalue weighted by Gasteiger charge is -2.18. The first-order chi connectivity index (χ1) is 13.1. The van der Waals surface area contributed by atoms with Gasteiger partial charge in [-0.15, -0.1) is 0 Å². The lowest BCUT2D eigenvalue weighted by atomic mass is 10.1. The molecule has 0 aliphatic rings. The third kappa shape index (κ3) is 4.35. The van der Waals surface area contributed by atoms with E-state index in [4.69, 9.17) is 39.5 Å². The summed E-state index contributed by atoms with van der Waals surface area (Å²) in [6.45, 7) is 7.27. The van der Waals surface area contributed by atoms with Crippen molar-refractivity contribution in [3.05, 3.63) is 68.8 Å². The Labute approximate surface area is 179 Å². The molecule has 0 N–H and O–H groups in total. The van der Waals surface area contributed by atoms with Crippen LogP contribution in [0, 0.1) is 6.92 Å². The van der Waals surface area contributed by atoms with Gasteiger partial charge in [-0.05, 0) is 58.0 Å². The smallest absolute Gasteiger partial charge is 0.359 e. The van der Waals surface area contributed by atoms with E-state index in [1.807, 2.05) is 39.8 Å². The van der Waals surface area contributed by atoms with Gasteiger partial charge in [0.25, 0.3) is 0 Å². The fraction of sp³-hybridized carbons (Fsp3) is 0.238. The molecule has 0 unspecified atom stereocenters. The van der Waals surface area contributed by atoms with Crippen LogP contribution in [-0.2, 0) is 4.74 Å². The monoisotopic (exact) mass is 436 g/mol. The summed E-state index contributed by atoms with van der Waals surface area (Å²) in [6, 6.07) is 12.4. The van der Waals surface area contributed by atoms with Crippen molar-refractivity contribution in [3.8, 4) is 16.9 Å². The molecule has 0 amide bonds. The predicted octanol–water partition coefficient (Wildman–Crippen LogP) is 6.76. The molecule has 4 nitrogen and oxygen atoms in total. The first kappa shape index (κ1) is 20.7. The summed E-state index contributed by atoms with van der Waals surface area (Å²) in [5.74, 6) is -0.496. The Morgan fingerprint density at radius 2 is 1.61 bits per heavy atom. The largest absolute Gasteiger partial charge is 0.455 e. The van der Waals surface area contributed by atoms with Crippen LogP contribution in [-0.4, -0.2) is 21.4 Å². The second kappa shape index (κ2) is 7.78. The van der Waals surface area contributed by atoms with Gasteiger partial charge in [0.2, 0.25) is 0 Å². The van der Waals surface area contributed by atoms with E-state index in [2.05, 4.69) is 5.10 Å². The summed E-state index contributed by atoms with van der Waals surface area (Å²) in [5, 5.41) is 6.08. The highest BCUT2D eigenvalue weighted by Crippen LogP contribution is 2.33. The fourth-order valence-corrected chi connectivity index (χ4v) is 3.40. The molecule has 7 heteroatoms. The van der Waals surface area contributed by atoms with Crippen LogP contribution in [0.25, 0.3) is 16.9 Å². The van der Waals surface area contributed by atoms with E-state index in [-0.39, 0.29) is 5.69 Å². The van der Waals surface area contributed by atoms with Crippen LogP contribution >= 0.6 is 34.8 Å². The first-order valence-electron chi connectivity index (χ1n) is 8.61. The molecule has 0 fully saturated rings. The van der Waals surface area contributed by atoms with Gasteiger partial charge in [-0.3, -0.25) is 0 Å². The van der Waals surface area contributed by atoms with E-state index in [1.165, 1.54) is 0 Å². The topological polar surface area (TPSA) is 44.1 Å². The molecule has 3 aromatic rings. The average Bonchev–Trinajstić information content (AvgIpc) is 2.91. The lowest BCUT2D eigenvalue weighted by molar-refractivity contribution is 0.00616. The lowest BCUT2D eigenvalue weighted by Crippen LogP contribution is -2.24. The number of aromatic nitrogens is 2. The Morgan fingerprint density at radius 1 is 1.00 bits per heavy atom. The van der Waals surface area contributed by atoms with Crippen LogP contribution in [0.4, 0.5) is 0 Å². The molecule has 28 heavy (non-hydrogen) atoms. The first-order valence-corrected chi connectivity index (χ1v) is 9.74. The molecular weight excluding hydrogens is 419 g/mol. The second-order valence-electron chi connectivity index (χ2n) is 7.34. The van der Waals surface area contributed by atoms with Gasteiger partial charge in [0, 0.05) is 21.2 Å². The quantitative estimate of drug-likeness (QED) is 0.425. The molecular formula is C21H19Cl3N2O2. The Morgan fingerprint density at radius 3 is 2.18 bits per heavy atom. The van der Waals surface area contributed by atoms with Gasteiger partial charge in [-0.2, -0.15) is 5.10 Å². The third-order valence-electron chi connectivity index (χ3n) is 3.97. The Hall–Kier alpha value is -2.01. The molecule has 0 radical (unpaired) electrons. The van der Waals surface area contributed by atoms with Crippen LogP contribution in [0.15, 0.2) is 42.5 Å². The van der Waals surface area contributed by atoms with E-state index >= 15 is 0 Å². The highest BCUT2D eigenvalue weighted by atomic mass is 35.5. The molecule has 1 heterocycles. The van der Waals surface area contributed by atoms with Gasteiger partial charge in [0.15, 0.2) is 5.69 Å². The molecule has 0 aliphatic heterocycles. The molecule has 0 spiro atoms. The van der Waals surface area contributed by atoms with Crippen molar-refractivity contribution in [1.29, 1.82) is 0 Å². The molecule has 0 bridgehead atoms. The number of carbonyl (C=O) groups excluding carboxylic acids is 1. The van der Waals surface area contributed by atoms with Gasteiger partial charge in [0.05, 0.1) is 16.4 Å². The second-order valence-corrected chi connectivity index (χ2v) is 8.62. The molecule has 0 aliphatic carbocycles. The molecule has 0 saturated heterocycles. The third-order valence-corrected chi connectivity index (χ3v) is 4.76. The van der Waals surface area contributed by atoms with Crippen molar-refractivity contribution in [1.82, 2.24) is 9.78 Å². The number of rotatable bonds is 3. The summed E-state index contributed by atoms with van der Waals surface area (Å²) in [5.41, 5.74) is 2.45. The van der Waals surface area contributed by atoms with Gasteiger partial charge < -0.3 is 4.74 Å². The van der Waals surface area contributed by atoms with Crippen LogP contribution in [0.1, 0.15) is 36.8 Å². The van der Waals surface area contributed by atoms with Crippen molar-refractivity contribution in [3.63, 3.8) is 0 Å². The molecule has 3 rings (SSSR count). The Balaban J connectivity index is 2.23. The van der Waals surface area contributed by atoms with Gasteiger partial charge in [-0.25, -0.2) is 9.48 Å². The van der Waals surface area contributed by atoms with Crippen LogP contribution in [0.2, 0.25) is 15.1 Å². The standard InChI is InChI=1S/C21H19Cl3N2O2/c1-12-18(20(27)28-21(2,3)4)25-26(17-10-9-15(23)11-16(17)24)19(12)13-5-7-14(22)8-6-13/h5-11H,1-4H3. The van der Waals surface area contributed by atoms with Gasteiger partial charge in [0.1, 0.15) is 5.60 Å². The summed E-state index contributed by atoms with van der Waals surface area (Å²) in [6.07, 6.45) is 0. The highest BCUT2D eigenvalue weighted by molar-refractivity contribution is 6.35. The maximum atomic E-state index is 12.7. The molecule has 2 aromatic carbocycles. The average molecular weight is 438 g/mol. The van der Waals surface area contributed by atoms with Crippen molar-refractivity contribution < 1.29 is 9.53 Å². The number of carbonyl (C=O) groups is 1. The Kier molecular flexibility index (Phi) is 5.76. The van der Waals surface area contributed by atoms with Crippen molar-refractivity contribution >= 4 is 40.8 Å². The minimum absolute atomic E-state index is 0.228. The van der Waals surface area contributed by atoms with Gasteiger partial charge >= 0.3 is 5.97 Å². The molecule has 0 saturated carbocycles. The number of hydrogen-bond acceptors (Lipinski definition) is 3. The summed E-state index contributed by atoms with van der Waals surface area (Å²) < 4.78 is 7.16. The summed E-state index contributed by atoms with van der Waals surface area (Å²) in [4.78, 5) is 12.7. The normalized spacial score (nSPS) is 11.5. The highest BCUT2D eigenvalue weighted by Gasteiger charge is 2.27. The fourth-order valence-electron chi connectivity index (χ4n) is 2.79. The van der Waals surface area contributed by atoms with E-state index in [0.717, 1.165) is 11.3 Å². The molecule has 0 atom stereocenters. The van der Waals surface area contributed by atoms with E-state index in [1.54, 1.807) is 35.0 Å². The summed E-state index contributed by atoms with van der Waals surface area (Å²) in [7, 11) is 0. The number of halogens is 3. The zero-order valence-electron chi connectivity index (χ0n) is 15.9. The molecule has 146 valence electrons. The SMILES string of the molecule is Cc1c(C(=O)OC(C)(C)C)nn(-c2ccc(Cl)cc2Cl)c1-c1ccc(Cl)cc1. The number of benzene rings is 2. The van der Waals surface area contributed by atoms with E-state index < -0.39 is 11.6 Å². The van der Waals surface area contributed by atoms with E-state index in [9.17, 15) is 4.79 Å². The maximum absolute atomic E-state index is 12.7. The Bertz CT molecular complexity index is 1040. The van der Waals surface area contributed by atoms with Crippen LogP contribution in [0.5, 0.6) is 0 Å². The van der Waals surface area contributed by atoms with Crippen molar-refractivity contribution in [2.45, 2.75) is 33.3 Å². The number of ether oxygens (including phenoxy) is 1. The zero-order chi connectivity index (χ0) is 20.6. The van der Waals surface area contributed by atoms with Crippen LogP contribution in [0.3, 0.4) is 0 Å². The van der Waals surface area contributed by atoms with Crippen molar-refractivity contribution in [2.75, 3.05) is 0 Å². The maximum Gasteiger partial charge on any atom is 0.359 e. The van der Waals surface area contributed by atoms with E-state index in [0.29, 0.717) is 26.3 Å². The molecule has 1 aromatic heterocycles. The number of nitrogens with zero attached hydrogens (tertiary/aromatic N) is 2. The van der Waals surface area contributed by atoms with Gasteiger partial charge in [-0.1, -0.05) is 46.9 Å². The number of hydrogen-bond donors (Lipinski definition) is 0. The number of esters is 1. The summed E-state index contributed by atoms with van der Waals surface area (Å²) >= 11 is 18.5.